The summed E-state index contributed by atoms with van der Waals surface area (Å²) in [6.45, 7) is 3.69. The topological polar surface area (TPSA) is 63.6 Å². The van der Waals surface area contributed by atoms with Crippen molar-refractivity contribution >= 4 is 12.3 Å². The molecule has 4 nitrogen and oxygen atoms in total. The van der Waals surface area contributed by atoms with Gasteiger partial charge in [0, 0.05) is 0 Å². The molecule has 1 aromatic carbocycles. The largest absolute Gasteiger partial charge is 0.489 e. The van der Waals surface area contributed by atoms with E-state index in [1.165, 1.54) is 24.3 Å². The number of ether oxygens (including phenoxy) is 1. The van der Waals surface area contributed by atoms with Gasteiger partial charge in [0.05, 0.1) is 11.1 Å². The van der Waals surface area contributed by atoms with E-state index in [0.717, 1.165) is 0 Å². The average molecular weight is 206 g/mol. The molecule has 0 saturated heterocycles. The molecule has 4 heteroatoms. The number of aromatic carboxylic acids is 1. The molecule has 0 fully saturated rings. The van der Waals surface area contributed by atoms with Crippen LogP contribution in [0.3, 0.4) is 0 Å². The van der Waals surface area contributed by atoms with Gasteiger partial charge in [-0.1, -0.05) is 12.7 Å². The van der Waals surface area contributed by atoms with Crippen LogP contribution in [-0.4, -0.2) is 24.0 Å². The number of carbonyl (C=O) groups is 2. The number of aldehydes is 1. The minimum atomic E-state index is -1.06. The minimum Gasteiger partial charge on any atom is -0.489 e. The van der Waals surface area contributed by atoms with Crippen molar-refractivity contribution in [1.82, 2.24) is 0 Å². The Kier molecular flexibility index (Phi) is 3.62. The number of benzene rings is 1. The maximum absolute atomic E-state index is 10.7. The van der Waals surface area contributed by atoms with Crippen molar-refractivity contribution in [3.8, 4) is 5.75 Å². The second-order valence-electron chi connectivity index (χ2n) is 2.78. The standard InChI is InChI=1S/C11H10O4/c1-2-5-15-10-6-8(11(13)14)3-4-9(10)7-12/h2-4,6-7H,1,5H2,(H,13,14). The predicted octanol–water partition coefficient (Wildman–Crippen LogP) is 1.76. The van der Waals surface area contributed by atoms with Crippen LogP contribution >= 0.6 is 0 Å². The summed E-state index contributed by atoms with van der Waals surface area (Å²) in [5.74, 6) is -0.805. The van der Waals surface area contributed by atoms with E-state index >= 15 is 0 Å². The van der Waals surface area contributed by atoms with E-state index in [1.807, 2.05) is 0 Å². The molecule has 0 aromatic heterocycles. The van der Waals surface area contributed by atoms with Crippen LogP contribution in [-0.2, 0) is 0 Å². The quantitative estimate of drug-likeness (QED) is 0.589. The molecule has 0 saturated carbocycles. The number of rotatable bonds is 5. The first-order chi connectivity index (χ1) is 7.19. The SMILES string of the molecule is C=CCOc1cc(C(=O)O)ccc1C=O. The Balaban J connectivity index is 3.06. The Morgan fingerprint density at radius 2 is 2.27 bits per heavy atom. The van der Waals surface area contributed by atoms with Gasteiger partial charge in [-0.2, -0.15) is 0 Å². The van der Waals surface area contributed by atoms with E-state index in [2.05, 4.69) is 6.58 Å². The highest BCUT2D eigenvalue weighted by Crippen LogP contribution is 2.19. The lowest BCUT2D eigenvalue weighted by Gasteiger charge is -2.06. The van der Waals surface area contributed by atoms with Crippen LogP contribution in [0.2, 0.25) is 0 Å². The normalized spacial score (nSPS) is 9.33. The third-order valence-corrected chi connectivity index (χ3v) is 1.74. The molecular formula is C11H10O4. The molecule has 0 heterocycles. The molecule has 0 amide bonds. The second kappa shape index (κ2) is 4.95. The van der Waals surface area contributed by atoms with E-state index in [9.17, 15) is 9.59 Å². The first kappa shape index (κ1) is 11.0. The summed E-state index contributed by atoms with van der Waals surface area (Å²) in [7, 11) is 0. The van der Waals surface area contributed by atoms with E-state index < -0.39 is 5.97 Å². The Labute approximate surface area is 86.8 Å². The van der Waals surface area contributed by atoms with Gasteiger partial charge in [0.1, 0.15) is 12.4 Å². The van der Waals surface area contributed by atoms with Crippen molar-refractivity contribution < 1.29 is 19.4 Å². The van der Waals surface area contributed by atoms with Crippen LogP contribution in [0.25, 0.3) is 0 Å². The molecule has 0 radical (unpaired) electrons. The first-order valence-corrected chi connectivity index (χ1v) is 4.25. The van der Waals surface area contributed by atoms with Gasteiger partial charge in [-0.3, -0.25) is 4.79 Å². The summed E-state index contributed by atoms with van der Waals surface area (Å²) >= 11 is 0. The highest BCUT2D eigenvalue weighted by atomic mass is 16.5. The van der Waals surface area contributed by atoms with Crippen LogP contribution in [0.5, 0.6) is 5.75 Å². The van der Waals surface area contributed by atoms with E-state index in [4.69, 9.17) is 9.84 Å². The molecular weight excluding hydrogens is 196 g/mol. The van der Waals surface area contributed by atoms with Crippen LogP contribution in [0, 0.1) is 0 Å². The van der Waals surface area contributed by atoms with Gasteiger partial charge in [-0.25, -0.2) is 4.79 Å². The molecule has 0 atom stereocenters. The maximum atomic E-state index is 10.7. The van der Waals surface area contributed by atoms with Gasteiger partial charge in [0.25, 0.3) is 0 Å². The monoisotopic (exact) mass is 206 g/mol. The summed E-state index contributed by atoms with van der Waals surface area (Å²) in [6.07, 6.45) is 2.13. The summed E-state index contributed by atoms with van der Waals surface area (Å²) < 4.78 is 5.16. The molecule has 1 rings (SSSR count). The number of hydrogen-bond acceptors (Lipinski definition) is 3. The van der Waals surface area contributed by atoms with Crippen LogP contribution in [0.15, 0.2) is 30.9 Å². The van der Waals surface area contributed by atoms with Crippen molar-refractivity contribution in [2.45, 2.75) is 0 Å². The van der Waals surface area contributed by atoms with Gasteiger partial charge in [0.2, 0.25) is 0 Å². The van der Waals surface area contributed by atoms with Gasteiger partial charge in [-0.05, 0) is 18.2 Å². The minimum absolute atomic E-state index is 0.0830. The zero-order valence-electron chi connectivity index (χ0n) is 7.97. The highest BCUT2D eigenvalue weighted by Gasteiger charge is 2.08. The Bertz CT molecular complexity index is 396. The van der Waals surface area contributed by atoms with Crippen LogP contribution < -0.4 is 4.74 Å². The lowest BCUT2D eigenvalue weighted by Crippen LogP contribution is -2.01. The Morgan fingerprint density at radius 3 is 2.80 bits per heavy atom. The third-order valence-electron chi connectivity index (χ3n) is 1.74. The number of carbonyl (C=O) groups excluding carboxylic acids is 1. The Morgan fingerprint density at radius 1 is 1.53 bits per heavy atom. The van der Waals surface area contributed by atoms with Crippen molar-refractivity contribution in [3.63, 3.8) is 0 Å². The van der Waals surface area contributed by atoms with E-state index in [0.29, 0.717) is 11.8 Å². The van der Waals surface area contributed by atoms with E-state index in [-0.39, 0.29) is 17.9 Å². The molecule has 0 unspecified atom stereocenters. The lowest BCUT2D eigenvalue weighted by molar-refractivity contribution is 0.0696. The molecule has 0 bridgehead atoms. The summed E-state index contributed by atoms with van der Waals surface area (Å²) in [5, 5.41) is 8.73. The highest BCUT2D eigenvalue weighted by molar-refractivity contribution is 5.90. The zero-order valence-corrected chi connectivity index (χ0v) is 7.97. The fourth-order valence-electron chi connectivity index (χ4n) is 1.04. The van der Waals surface area contributed by atoms with E-state index in [1.54, 1.807) is 0 Å². The van der Waals surface area contributed by atoms with Crippen molar-refractivity contribution in [2.75, 3.05) is 6.61 Å². The molecule has 78 valence electrons. The molecule has 0 aliphatic heterocycles. The average Bonchev–Trinajstić information content (AvgIpc) is 2.25. The zero-order chi connectivity index (χ0) is 11.3. The van der Waals surface area contributed by atoms with Crippen LogP contribution in [0.4, 0.5) is 0 Å². The van der Waals surface area contributed by atoms with Crippen molar-refractivity contribution in [3.05, 3.63) is 42.0 Å². The summed E-state index contributed by atoms with van der Waals surface area (Å²) in [6, 6.07) is 4.08. The van der Waals surface area contributed by atoms with Crippen LogP contribution in [0.1, 0.15) is 20.7 Å². The molecule has 0 spiro atoms. The van der Waals surface area contributed by atoms with Gasteiger partial charge in [-0.15, -0.1) is 0 Å². The maximum Gasteiger partial charge on any atom is 0.335 e. The number of carboxylic acid groups (broad SMARTS) is 1. The molecule has 0 aliphatic carbocycles. The molecule has 1 N–H and O–H groups in total. The fraction of sp³-hybridized carbons (Fsp3) is 0.0909. The Hall–Kier alpha value is -2.10. The van der Waals surface area contributed by atoms with Gasteiger partial charge in [0.15, 0.2) is 6.29 Å². The first-order valence-electron chi connectivity index (χ1n) is 4.25. The number of carboxylic acids is 1. The van der Waals surface area contributed by atoms with Crippen molar-refractivity contribution in [2.24, 2.45) is 0 Å². The van der Waals surface area contributed by atoms with Gasteiger partial charge < -0.3 is 9.84 Å². The third kappa shape index (κ3) is 2.67. The summed E-state index contributed by atoms with van der Waals surface area (Å²) in [5.41, 5.74) is 0.404. The lowest BCUT2D eigenvalue weighted by atomic mass is 10.1. The van der Waals surface area contributed by atoms with Crippen molar-refractivity contribution in [1.29, 1.82) is 0 Å². The van der Waals surface area contributed by atoms with Gasteiger partial charge >= 0.3 is 5.97 Å². The molecule has 1 aromatic rings. The summed E-state index contributed by atoms with van der Waals surface area (Å²) in [4.78, 5) is 21.3. The predicted molar refractivity (Wildman–Crippen MR) is 54.5 cm³/mol. The molecule has 15 heavy (non-hydrogen) atoms. The smallest absolute Gasteiger partial charge is 0.335 e. The second-order valence-corrected chi connectivity index (χ2v) is 2.78. The number of hydrogen-bond donors (Lipinski definition) is 1. The molecule has 0 aliphatic rings. The fourth-order valence-corrected chi connectivity index (χ4v) is 1.04.